The summed E-state index contributed by atoms with van der Waals surface area (Å²) in [4.78, 5) is 25.4. The standard InChI is InChI=1S/C21H25N5O2S/c27-19(22-12-4-13-26-18-7-2-1-6-17(18)24-25-26)8-10-21(11-9-20(28)23-21)15-16-5-3-14-29-16/h1-3,5-7,14H,4,8-13,15H2,(H,22,27)(H,23,28). The van der Waals surface area contributed by atoms with E-state index >= 15 is 0 Å². The molecule has 152 valence electrons. The summed E-state index contributed by atoms with van der Waals surface area (Å²) in [6.07, 6.45) is 3.99. The maximum Gasteiger partial charge on any atom is 0.220 e. The maximum absolute atomic E-state index is 12.3. The fourth-order valence-corrected chi connectivity index (χ4v) is 4.76. The minimum atomic E-state index is -0.293. The Labute approximate surface area is 173 Å². The highest BCUT2D eigenvalue weighted by atomic mass is 32.1. The van der Waals surface area contributed by atoms with E-state index in [2.05, 4.69) is 27.0 Å². The molecule has 1 aliphatic heterocycles. The van der Waals surface area contributed by atoms with Crippen LogP contribution < -0.4 is 10.6 Å². The third kappa shape index (κ3) is 4.82. The predicted octanol–water partition coefficient (Wildman–Crippen LogP) is 2.67. The molecule has 1 aromatic carbocycles. The molecule has 29 heavy (non-hydrogen) atoms. The minimum absolute atomic E-state index is 0.0279. The van der Waals surface area contributed by atoms with E-state index in [0.717, 1.165) is 30.3 Å². The van der Waals surface area contributed by atoms with Crippen LogP contribution >= 0.6 is 11.3 Å². The van der Waals surface area contributed by atoms with Crippen molar-refractivity contribution >= 4 is 34.2 Å². The van der Waals surface area contributed by atoms with Crippen molar-refractivity contribution in [1.82, 2.24) is 25.6 Å². The van der Waals surface area contributed by atoms with E-state index in [1.165, 1.54) is 4.88 Å². The number of nitrogens with zero attached hydrogens (tertiary/aromatic N) is 3. The Morgan fingerprint density at radius 2 is 2.17 bits per heavy atom. The highest BCUT2D eigenvalue weighted by Crippen LogP contribution is 2.30. The molecule has 0 saturated carbocycles. The van der Waals surface area contributed by atoms with Gasteiger partial charge in [0.15, 0.2) is 0 Å². The Morgan fingerprint density at radius 3 is 2.97 bits per heavy atom. The third-order valence-electron chi connectivity index (χ3n) is 5.45. The number of rotatable bonds is 9. The number of nitrogens with one attached hydrogen (secondary N) is 2. The quantitative estimate of drug-likeness (QED) is 0.530. The van der Waals surface area contributed by atoms with Crippen LogP contribution in [-0.4, -0.2) is 38.9 Å². The molecule has 3 aromatic rings. The van der Waals surface area contributed by atoms with E-state index in [1.54, 1.807) is 11.3 Å². The summed E-state index contributed by atoms with van der Waals surface area (Å²) in [5.41, 5.74) is 1.59. The number of amides is 2. The van der Waals surface area contributed by atoms with E-state index in [0.29, 0.717) is 32.4 Å². The van der Waals surface area contributed by atoms with Gasteiger partial charge in [-0.3, -0.25) is 9.59 Å². The van der Waals surface area contributed by atoms with Crippen molar-refractivity contribution in [3.05, 3.63) is 46.7 Å². The molecule has 1 atom stereocenters. The van der Waals surface area contributed by atoms with Crippen molar-refractivity contribution in [2.45, 2.75) is 50.6 Å². The average Bonchev–Trinajstić information content (AvgIpc) is 3.45. The summed E-state index contributed by atoms with van der Waals surface area (Å²) in [5, 5.41) is 16.5. The fourth-order valence-electron chi connectivity index (χ4n) is 3.91. The SMILES string of the molecule is O=C(CCC1(Cc2cccs2)CCC(=O)N1)NCCCn1nnc2ccccc21. The molecule has 0 aliphatic carbocycles. The normalized spacial score (nSPS) is 18.8. The lowest BCUT2D eigenvalue weighted by molar-refractivity contribution is -0.122. The molecule has 2 amide bonds. The molecule has 2 aromatic heterocycles. The van der Waals surface area contributed by atoms with Gasteiger partial charge in [0.05, 0.1) is 5.52 Å². The Kier molecular flexibility index (Phi) is 5.89. The van der Waals surface area contributed by atoms with Gasteiger partial charge >= 0.3 is 0 Å². The second-order valence-electron chi connectivity index (χ2n) is 7.59. The first-order valence-electron chi connectivity index (χ1n) is 10.0. The molecule has 4 rings (SSSR count). The number of fused-ring (bicyclic) bond motifs is 1. The maximum atomic E-state index is 12.3. The van der Waals surface area contributed by atoms with Gasteiger partial charge < -0.3 is 10.6 Å². The smallest absolute Gasteiger partial charge is 0.220 e. The number of benzene rings is 1. The van der Waals surface area contributed by atoms with Gasteiger partial charge in [-0.25, -0.2) is 4.68 Å². The summed E-state index contributed by atoms with van der Waals surface area (Å²) in [6.45, 7) is 1.30. The molecule has 3 heterocycles. The Bertz CT molecular complexity index is 984. The Hall–Kier alpha value is -2.74. The molecule has 0 spiro atoms. The highest BCUT2D eigenvalue weighted by molar-refractivity contribution is 7.09. The Balaban J connectivity index is 1.23. The molecule has 1 saturated heterocycles. The summed E-state index contributed by atoms with van der Waals surface area (Å²) >= 11 is 1.69. The van der Waals surface area contributed by atoms with E-state index in [9.17, 15) is 9.59 Å². The van der Waals surface area contributed by atoms with E-state index in [1.807, 2.05) is 40.4 Å². The number of carbonyl (C=O) groups is 2. The summed E-state index contributed by atoms with van der Waals surface area (Å²) in [7, 11) is 0. The molecule has 0 bridgehead atoms. The summed E-state index contributed by atoms with van der Waals surface area (Å²) in [6, 6.07) is 12.0. The lowest BCUT2D eigenvalue weighted by Gasteiger charge is -2.28. The number of aromatic nitrogens is 3. The van der Waals surface area contributed by atoms with Gasteiger partial charge in [-0.05, 0) is 42.8 Å². The van der Waals surface area contributed by atoms with Gasteiger partial charge in [-0.15, -0.1) is 16.4 Å². The van der Waals surface area contributed by atoms with Gasteiger partial charge in [0, 0.05) is 42.8 Å². The van der Waals surface area contributed by atoms with Crippen molar-refractivity contribution < 1.29 is 9.59 Å². The number of hydrogen-bond acceptors (Lipinski definition) is 5. The van der Waals surface area contributed by atoms with Crippen LogP contribution in [-0.2, 0) is 22.6 Å². The van der Waals surface area contributed by atoms with Crippen molar-refractivity contribution in [3.8, 4) is 0 Å². The van der Waals surface area contributed by atoms with Crippen molar-refractivity contribution in [2.75, 3.05) is 6.54 Å². The second-order valence-corrected chi connectivity index (χ2v) is 8.62. The number of carbonyl (C=O) groups excluding carboxylic acids is 2. The monoisotopic (exact) mass is 411 g/mol. The molecule has 8 heteroatoms. The molecular weight excluding hydrogens is 386 g/mol. The molecular formula is C21H25N5O2S. The van der Waals surface area contributed by atoms with Gasteiger partial charge in [-0.2, -0.15) is 0 Å². The lowest BCUT2D eigenvalue weighted by Crippen LogP contribution is -2.44. The summed E-state index contributed by atoms with van der Waals surface area (Å²) in [5.74, 6) is 0.113. The zero-order chi connectivity index (χ0) is 20.1. The van der Waals surface area contributed by atoms with Crippen molar-refractivity contribution in [3.63, 3.8) is 0 Å². The van der Waals surface area contributed by atoms with Crippen LogP contribution in [0.5, 0.6) is 0 Å². The zero-order valence-electron chi connectivity index (χ0n) is 16.3. The topological polar surface area (TPSA) is 88.9 Å². The number of hydrogen-bond donors (Lipinski definition) is 2. The first kappa shape index (κ1) is 19.6. The molecule has 1 aliphatic rings. The fraction of sp³-hybridized carbons (Fsp3) is 0.429. The second kappa shape index (κ2) is 8.73. The number of para-hydroxylation sites is 1. The van der Waals surface area contributed by atoms with Gasteiger partial charge in [0.2, 0.25) is 11.8 Å². The lowest BCUT2D eigenvalue weighted by atomic mass is 9.87. The van der Waals surface area contributed by atoms with Crippen LogP contribution in [0.3, 0.4) is 0 Å². The zero-order valence-corrected chi connectivity index (χ0v) is 17.1. The third-order valence-corrected chi connectivity index (χ3v) is 6.32. The van der Waals surface area contributed by atoms with Crippen molar-refractivity contribution in [1.29, 1.82) is 0 Å². The van der Waals surface area contributed by atoms with Crippen LogP contribution in [0.2, 0.25) is 0 Å². The molecule has 1 unspecified atom stereocenters. The molecule has 2 N–H and O–H groups in total. The first-order valence-corrected chi connectivity index (χ1v) is 10.9. The minimum Gasteiger partial charge on any atom is -0.356 e. The van der Waals surface area contributed by atoms with E-state index in [-0.39, 0.29) is 17.4 Å². The van der Waals surface area contributed by atoms with Gasteiger partial charge in [0.25, 0.3) is 0 Å². The van der Waals surface area contributed by atoms with Gasteiger partial charge in [0.1, 0.15) is 5.52 Å². The van der Waals surface area contributed by atoms with Crippen LogP contribution in [0.25, 0.3) is 11.0 Å². The van der Waals surface area contributed by atoms with Crippen LogP contribution in [0, 0.1) is 0 Å². The highest BCUT2D eigenvalue weighted by Gasteiger charge is 2.38. The van der Waals surface area contributed by atoms with Crippen molar-refractivity contribution in [2.24, 2.45) is 0 Å². The Morgan fingerprint density at radius 1 is 1.28 bits per heavy atom. The molecule has 7 nitrogen and oxygen atoms in total. The number of aryl methyl sites for hydroxylation is 1. The van der Waals surface area contributed by atoms with Crippen LogP contribution in [0.4, 0.5) is 0 Å². The number of thiophene rings is 1. The van der Waals surface area contributed by atoms with E-state index < -0.39 is 0 Å². The van der Waals surface area contributed by atoms with Crippen LogP contribution in [0.15, 0.2) is 41.8 Å². The van der Waals surface area contributed by atoms with E-state index in [4.69, 9.17) is 0 Å². The van der Waals surface area contributed by atoms with Crippen LogP contribution in [0.1, 0.15) is 37.0 Å². The largest absolute Gasteiger partial charge is 0.356 e. The van der Waals surface area contributed by atoms with Gasteiger partial charge in [-0.1, -0.05) is 23.4 Å². The summed E-state index contributed by atoms with van der Waals surface area (Å²) < 4.78 is 1.87. The molecule has 0 radical (unpaired) electrons. The average molecular weight is 412 g/mol. The predicted molar refractivity (Wildman–Crippen MR) is 113 cm³/mol. The molecule has 1 fully saturated rings. The first-order chi connectivity index (χ1) is 14.1.